The van der Waals surface area contributed by atoms with E-state index in [4.69, 9.17) is 15.5 Å². The second-order valence-electron chi connectivity index (χ2n) is 21.4. The predicted molar refractivity (Wildman–Crippen MR) is 296 cm³/mol. The molecule has 0 amide bonds. The Hall–Kier alpha value is -6.35. The number of nitrogens with zero attached hydrogens (tertiary/aromatic N) is 3. The largest absolute Gasteiger partial charge is 0.507 e. The molecular formula is C66H68N3OPt-. The summed E-state index contributed by atoms with van der Waals surface area (Å²) in [7, 11) is 0. The maximum Gasteiger partial charge on any atom is 0.148 e. The van der Waals surface area contributed by atoms with Gasteiger partial charge in [-0.15, -0.1) is 29.3 Å². The molecule has 2 heterocycles. The average Bonchev–Trinajstić information content (AvgIpc) is 3.74. The zero-order valence-corrected chi connectivity index (χ0v) is 45.3. The molecule has 0 fully saturated rings. The Morgan fingerprint density at radius 1 is 0.563 bits per heavy atom. The molecule has 4 nitrogen and oxygen atoms in total. The number of para-hydroxylation sites is 1. The Bertz CT molecular complexity index is 3640. The van der Waals surface area contributed by atoms with Crippen LogP contribution in [-0.4, -0.2) is 19.6 Å². The van der Waals surface area contributed by atoms with Crippen LogP contribution in [0.1, 0.15) is 142 Å². The van der Waals surface area contributed by atoms with E-state index in [0.717, 1.165) is 66.9 Å². The van der Waals surface area contributed by atoms with Crippen LogP contribution in [0.15, 0.2) is 152 Å². The molecule has 0 aliphatic rings. The summed E-state index contributed by atoms with van der Waals surface area (Å²) in [4.78, 5) is 10.4. The second-order valence-corrected chi connectivity index (χ2v) is 21.4. The number of fused-ring (bicyclic) bond motifs is 1. The summed E-state index contributed by atoms with van der Waals surface area (Å²) in [6.45, 7) is 21.2. The topological polar surface area (TPSA) is 50.9 Å². The van der Waals surface area contributed by atoms with Gasteiger partial charge >= 0.3 is 0 Å². The molecule has 0 bridgehead atoms. The molecule has 0 aliphatic heterocycles. The van der Waals surface area contributed by atoms with Gasteiger partial charge in [-0.25, -0.2) is 4.98 Å². The van der Waals surface area contributed by atoms with Gasteiger partial charge in [-0.1, -0.05) is 197 Å². The molecule has 9 aromatic rings. The normalized spacial score (nSPS) is 13.9. The molecule has 364 valence electrons. The van der Waals surface area contributed by atoms with Gasteiger partial charge in [0.15, 0.2) is 0 Å². The van der Waals surface area contributed by atoms with Crippen molar-refractivity contribution in [3.8, 4) is 78.6 Å². The molecule has 0 radical (unpaired) electrons. The summed E-state index contributed by atoms with van der Waals surface area (Å²) in [6, 6.07) is 51.5. The molecule has 0 saturated carbocycles. The Labute approximate surface area is 446 Å². The van der Waals surface area contributed by atoms with Crippen molar-refractivity contribution in [2.45, 2.75) is 118 Å². The van der Waals surface area contributed by atoms with Crippen LogP contribution < -0.4 is 0 Å². The first kappa shape index (κ1) is 43.4. The van der Waals surface area contributed by atoms with Gasteiger partial charge in [0.1, 0.15) is 11.6 Å². The van der Waals surface area contributed by atoms with Gasteiger partial charge in [0, 0.05) is 46.7 Å². The van der Waals surface area contributed by atoms with Crippen molar-refractivity contribution in [1.29, 1.82) is 0 Å². The summed E-state index contributed by atoms with van der Waals surface area (Å²) in [5, 5.41) is 12.6. The fourth-order valence-corrected chi connectivity index (χ4v) is 9.27. The van der Waals surface area contributed by atoms with Crippen LogP contribution in [-0.2, 0) is 31.9 Å². The summed E-state index contributed by atoms with van der Waals surface area (Å²) < 4.78 is 56.4. The summed E-state index contributed by atoms with van der Waals surface area (Å²) in [6.07, 6.45) is 1.81. The van der Waals surface area contributed by atoms with Crippen molar-refractivity contribution in [3.05, 3.63) is 191 Å². The Morgan fingerprint density at radius 2 is 1.21 bits per heavy atom. The van der Waals surface area contributed by atoms with Crippen molar-refractivity contribution in [1.82, 2.24) is 14.5 Å². The standard InChI is InChI=1S/C66H68N3O.Pt/c1-40(2)44-22-24-45(25-23-44)48-30-31-67-59(38-48)51-33-50(34-53(35-51)66(11,12)13)54-20-17-21-60-62(54)68-64(58-37-49(41(3)4)36-55(42(5)6)63(58)70)69(60)61-32-43(7)56(39-57(61)46-18-15-14-16-19-46)47-26-28-52(29-27-47)65(8,9)10;/h14-32,34-42,70H,1-13H3;/q-1;/i7D3,40D,41D,42D;. The monoisotopic (exact) mass is 1120 g/mol. The van der Waals surface area contributed by atoms with Crippen LogP contribution in [0, 0.1) is 12.9 Å². The third kappa shape index (κ3) is 10.2. The van der Waals surface area contributed by atoms with Crippen molar-refractivity contribution in [2.75, 3.05) is 0 Å². The number of phenolic OH excluding ortho intramolecular Hbond substituents is 1. The number of aromatic nitrogens is 3. The number of hydrogen-bond acceptors (Lipinski definition) is 3. The Balaban J connectivity index is 0.00000784. The van der Waals surface area contributed by atoms with Crippen molar-refractivity contribution in [3.63, 3.8) is 0 Å². The van der Waals surface area contributed by atoms with Gasteiger partial charge in [0.05, 0.1) is 22.3 Å². The molecule has 2 aromatic heterocycles. The van der Waals surface area contributed by atoms with E-state index in [2.05, 4.69) is 90.1 Å². The van der Waals surface area contributed by atoms with Crippen LogP contribution in [0.2, 0.25) is 0 Å². The van der Waals surface area contributed by atoms with Crippen molar-refractivity contribution in [2.24, 2.45) is 0 Å². The van der Waals surface area contributed by atoms with Gasteiger partial charge in [-0.3, -0.25) is 9.55 Å². The first-order chi connectivity index (χ1) is 35.4. The van der Waals surface area contributed by atoms with Crippen molar-refractivity contribution < 1.29 is 34.4 Å². The molecule has 71 heavy (non-hydrogen) atoms. The molecular weight excluding hydrogens is 1050 g/mol. The smallest absolute Gasteiger partial charge is 0.148 e. The first-order valence-corrected chi connectivity index (χ1v) is 24.3. The van der Waals surface area contributed by atoms with E-state index < -0.39 is 24.5 Å². The van der Waals surface area contributed by atoms with Crippen LogP contribution >= 0.6 is 0 Å². The minimum absolute atomic E-state index is 0. The quantitative estimate of drug-likeness (QED) is 0.139. The number of pyridine rings is 1. The molecule has 0 atom stereocenters. The van der Waals surface area contributed by atoms with E-state index in [0.29, 0.717) is 44.8 Å². The average molecular weight is 1120 g/mol. The van der Waals surface area contributed by atoms with E-state index in [1.165, 1.54) is 0 Å². The summed E-state index contributed by atoms with van der Waals surface area (Å²) in [5.74, 6) is -2.96. The number of rotatable bonds is 10. The molecule has 0 aliphatic carbocycles. The molecule has 0 unspecified atom stereocenters. The van der Waals surface area contributed by atoms with E-state index in [1.54, 1.807) is 45.9 Å². The minimum Gasteiger partial charge on any atom is -0.507 e. The van der Waals surface area contributed by atoms with Gasteiger partial charge in [0.2, 0.25) is 0 Å². The van der Waals surface area contributed by atoms with Gasteiger partial charge < -0.3 is 5.11 Å². The van der Waals surface area contributed by atoms with E-state index >= 15 is 0 Å². The van der Waals surface area contributed by atoms with E-state index in [1.807, 2.05) is 110 Å². The predicted octanol–water partition coefficient (Wildman–Crippen LogP) is 18.2. The molecule has 0 saturated heterocycles. The third-order valence-corrected chi connectivity index (χ3v) is 13.5. The summed E-state index contributed by atoms with van der Waals surface area (Å²) >= 11 is 0. The maximum absolute atomic E-state index is 12.6. The van der Waals surface area contributed by atoms with E-state index in [-0.39, 0.29) is 43.2 Å². The maximum atomic E-state index is 12.6. The number of aryl methyl sites for hydroxylation is 1. The number of phenols is 1. The van der Waals surface area contributed by atoms with Crippen LogP contribution in [0.5, 0.6) is 5.75 Å². The zero-order valence-electron chi connectivity index (χ0n) is 49.0. The fourth-order valence-electron chi connectivity index (χ4n) is 9.27. The van der Waals surface area contributed by atoms with Crippen LogP contribution in [0.3, 0.4) is 0 Å². The number of benzene rings is 7. The molecule has 1 N–H and O–H groups in total. The van der Waals surface area contributed by atoms with Gasteiger partial charge in [0.25, 0.3) is 0 Å². The van der Waals surface area contributed by atoms with E-state index in [9.17, 15) is 7.85 Å². The first-order valence-electron chi connectivity index (χ1n) is 27.3. The molecule has 5 heteroatoms. The van der Waals surface area contributed by atoms with Gasteiger partial charge in [-0.05, 0) is 121 Å². The van der Waals surface area contributed by atoms with Gasteiger partial charge in [-0.2, -0.15) is 0 Å². The SMILES string of the molecule is [2H]C([2H])([2H])c1cc(-n2c(-c3cc(C([2H])(C)C)cc(C([2H])(C)C)c3O)nc3c(-c4[c-]c(-c5cc(-c6ccc(C([2H])(C)C)cc6)ccn5)cc(C(C)(C)C)c4)cccc32)c(-c2ccccc2)cc1-c1ccc(C(C)(C)C)cc1.[Pt]. The molecule has 0 spiro atoms. The van der Waals surface area contributed by atoms with Crippen molar-refractivity contribution >= 4 is 11.0 Å². The molecule has 9 rings (SSSR count). The van der Waals surface area contributed by atoms with Crippen LogP contribution in [0.4, 0.5) is 0 Å². The second kappa shape index (κ2) is 20.0. The third-order valence-electron chi connectivity index (χ3n) is 13.5. The molecule has 7 aromatic carbocycles. The van der Waals surface area contributed by atoms with Crippen LogP contribution in [0.25, 0.3) is 83.9 Å². The summed E-state index contributed by atoms with van der Waals surface area (Å²) in [5.41, 5.74) is 13.7. The fraction of sp³-hybridized carbons (Fsp3) is 0.273. The zero-order chi connectivity index (χ0) is 55.1. The minimum atomic E-state index is -2.56. The number of imidazole rings is 1. The number of aromatic hydroxyl groups is 1. The number of hydrogen-bond donors (Lipinski definition) is 1. The Kier molecular flexibility index (Phi) is 12.3. The Morgan fingerprint density at radius 3 is 1.85 bits per heavy atom.